The highest BCUT2D eigenvalue weighted by Crippen LogP contribution is 2.31. The maximum atomic E-state index is 13.3. The van der Waals surface area contributed by atoms with Gasteiger partial charge in [0.1, 0.15) is 10.7 Å². The van der Waals surface area contributed by atoms with Crippen LogP contribution in [0.2, 0.25) is 0 Å². The van der Waals surface area contributed by atoms with Crippen molar-refractivity contribution in [1.82, 2.24) is 0 Å². The molecule has 0 atom stereocenters. The summed E-state index contributed by atoms with van der Waals surface area (Å²) in [5.41, 5.74) is 6.71. The minimum Gasteiger partial charge on any atom is -0.398 e. The lowest BCUT2D eigenvalue weighted by Gasteiger charge is -2.13. The third-order valence-electron chi connectivity index (χ3n) is 2.78. The minimum atomic E-state index is -3.92. The van der Waals surface area contributed by atoms with E-state index in [-0.39, 0.29) is 15.1 Å². The fraction of sp³-hybridized carbons (Fsp3) is 0.0769. The van der Waals surface area contributed by atoms with Crippen molar-refractivity contribution in [3.8, 4) is 0 Å². The number of aryl methyl sites for hydroxylation is 1. The summed E-state index contributed by atoms with van der Waals surface area (Å²) in [5, 5.41) is 0. The fourth-order valence-corrected chi connectivity index (χ4v) is 3.90. The monoisotopic (exact) mass is 436 g/mol. The first-order valence-electron chi connectivity index (χ1n) is 5.75. The van der Waals surface area contributed by atoms with E-state index in [2.05, 4.69) is 36.6 Å². The molecule has 0 saturated heterocycles. The van der Waals surface area contributed by atoms with Crippen molar-refractivity contribution >= 4 is 53.3 Å². The number of nitrogens with one attached hydrogen (secondary N) is 1. The van der Waals surface area contributed by atoms with Crippen molar-refractivity contribution in [1.29, 1.82) is 0 Å². The van der Waals surface area contributed by atoms with Gasteiger partial charge in [0, 0.05) is 4.47 Å². The number of nitrogens with two attached hydrogens (primary N) is 1. The molecule has 0 unspecified atom stereocenters. The highest BCUT2D eigenvalue weighted by molar-refractivity contribution is 9.11. The van der Waals surface area contributed by atoms with Crippen molar-refractivity contribution in [2.24, 2.45) is 0 Å². The van der Waals surface area contributed by atoms with Gasteiger partial charge in [0.05, 0.1) is 15.8 Å². The first kappa shape index (κ1) is 16.3. The number of rotatable bonds is 3. The van der Waals surface area contributed by atoms with Gasteiger partial charge < -0.3 is 5.73 Å². The molecule has 0 aliphatic rings. The van der Waals surface area contributed by atoms with Gasteiger partial charge in [-0.25, -0.2) is 12.8 Å². The van der Waals surface area contributed by atoms with E-state index in [1.54, 1.807) is 12.1 Å². The summed E-state index contributed by atoms with van der Waals surface area (Å²) in [5.74, 6) is -0.622. The largest absolute Gasteiger partial charge is 0.398 e. The second-order valence-corrected chi connectivity index (χ2v) is 7.64. The molecule has 0 heterocycles. The second kappa shape index (κ2) is 5.94. The van der Waals surface area contributed by atoms with Gasteiger partial charge in [-0.3, -0.25) is 4.72 Å². The average Bonchev–Trinajstić information content (AvgIpc) is 2.39. The van der Waals surface area contributed by atoms with E-state index < -0.39 is 15.8 Å². The molecule has 0 spiro atoms. The standard InChI is InChI=1S/C13H11Br2FN2O2S/c1-7-3-2-4-11(13(7)15)18-21(19,20)12-5-8(14)9(16)6-10(12)17/h2-6,18H,17H2,1H3. The Labute approximate surface area is 138 Å². The SMILES string of the molecule is Cc1cccc(NS(=O)(=O)c2cc(Br)c(F)cc2N)c1Br. The number of hydrogen-bond acceptors (Lipinski definition) is 3. The molecule has 21 heavy (non-hydrogen) atoms. The molecule has 4 nitrogen and oxygen atoms in total. The van der Waals surface area contributed by atoms with Gasteiger partial charge in [0.2, 0.25) is 0 Å². The van der Waals surface area contributed by atoms with E-state index in [1.165, 1.54) is 0 Å². The molecular weight excluding hydrogens is 427 g/mol. The zero-order chi connectivity index (χ0) is 15.8. The highest BCUT2D eigenvalue weighted by atomic mass is 79.9. The molecule has 0 aromatic heterocycles. The summed E-state index contributed by atoms with van der Waals surface area (Å²) >= 11 is 6.27. The lowest BCUT2D eigenvalue weighted by molar-refractivity contribution is 0.599. The molecule has 0 amide bonds. The number of hydrogen-bond donors (Lipinski definition) is 2. The van der Waals surface area contributed by atoms with E-state index in [4.69, 9.17) is 5.73 Å². The van der Waals surface area contributed by atoms with Gasteiger partial charge in [-0.05, 0) is 62.5 Å². The Morgan fingerprint density at radius 3 is 2.57 bits per heavy atom. The predicted molar refractivity (Wildman–Crippen MR) is 88.2 cm³/mol. The van der Waals surface area contributed by atoms with Crippen LogP contribution in [0.4, 0.5) is 15.8 Å². The van der Waals surface area contributed by atoms with Crippen LogP contribution in [0.5, 0.6) is 0 Å². The summed E-state index contributed by atoms with van der Waals surface area (Å²) in [7, 11) is -3.92. The van der Waals surface area contributed by atoms with Crippen LogP contribution in [-0.2, 0) is 10.0 Å². The Kier molecular flexibility index (Phi) is 4.60. The smallest absolute Gasteiger partial charge is 0.264 e. The van der Waals surface area contributed by atoms with Crippen LogP contribution in [0.25, 0.3) is 0 Å². The van der Waals surface area contributed by atoms with Crippen LogP contribution < -0.4 is 10.5 Å². The molecule has 2 aromatic rings. The lowest BCUT2D eigenvalue weighted by Crippen LogP contribution is -2.15. The van der Waals surface area contributed by atoms with E-state index in [0.717, 1.165) is 17.7 Å². The topological polar surface area (TPSA) is 72.2 Å². The van der Waals surface area contributed by atoms with Crippen LogP contribution in [0.3, 0.4) is 0 Å². The highest BCUT2D eigenvalue weighted by Gasteiger charge is 2.21. The Hall–Kier alpha value is -1.12. The van der Waals surface area contributed by atoms with E-state index in [0.29, 0.717) is 10.2 Å². The molecule has 2 rings (SSSR count). The Balaban J connectivity index is 2.48. The van der Waals surface area contributed by atoms with Crippen LogP contribution in [0.1, 0.15) is 5.56 Å². The van der Waals surface area contributed by atoms with E-state index in [1.807, 2.05) is 13.0 Å². The van der Waals surface area contributed by atoms with Gasteiger partial charge in [-0.1, -0.05) is 12.1 Å². The average molecular weight is 438 g/mol. The summed E-state index contributed by atoms with van der Waals surface area (Å²) in [6.45, 7) is 1.84. The Bertz CT molecular complexity index is 810. The molecule has 8 heteroatoms. The van der Waals surface area contributed by atoms with Crippen molar-refractivity contribution in [2.75, 3.05) is 10.5 Å². The predicted octanol–water partition coefficient (Wildman–Crippen LogP) is 4.04. The number of benzene rings is 2. The molecule has 0 radical (unpaired) electrons. The third kappa shape index (κ3) is 3.38. The van der Waals surface area contributed by atoms with Gasteiger partial charge in [-0.15, -0.1) is 0 Å². The van der Waals surface area contributed by atoms with Gasteiger partial charge in [-0.2, -0.15) is 0 Å². The van der Waals surface area contributed by atoms with Crippen molar-refractivity contribution in [3.63, 3.8) is 0 Å². The summed E-state index contributed by atoms with van der Waals surface area (Å²) in [6.07, 6.45) is 0. The van der Waals surface area contributed by atoms with Crippen molar-refractivity contribution < 1.29 is 12.8 Å². The molecule has 0 aliphatic heterocycles. The number of nitrogen functional groups attached to an aromatic ring is 1. The molecule has 112 valence electrons. The summed E-state index contributed by atoms with van der Waals surface area (Å²) < 4.78 is 41.2. The normalized spacial score (nSPS) is 11.4. The summed E-state index contributed by atoms with van der Waals surface area (Å²) in [4.78, 5) is -0.191. The van der Waals surface area contributed by atoms with Gasteiger partial charge in [0.25, 0.3) is 10.0 Å². The first-order valence-corrected chi connectivity index (χ1v) is 8.82. The Morgan fingerprint density at radius 1 is 1.24 bits per heavy atom. The maximum absolute atomic E-state index is 13.3. The molecule has 3 N–H and O–H groups in total. The van der Waals surface area contributed by atoms with Gasteiger partial charge in [0.15, 0.2) is 0 Å². The molecule has 0 saturated carbocycles. The summed E-state index contributed by atoms with van der Waals surface area (Å²) in [6, 6.07) is 7.27. The first-order chi connectivity index (χ1) is 9.72. The molecular formula is C13H11Br2FN2O2S. The maximum Gasteiger partial charge on any atom is 0.264 e. The van der Waals surface area contributed by atoms with E-state index >= 15 is 0 Å². The third-order valence-corrected chi connectivity index (χ3v) is 5.86. The van der Waals surface area contributed by atoms with Crippen LogP contribution in [0, 0.1) is 12.7 Å². The quantitative estimate of drug-likeness (QED) is 0.711. The molecule has 0 bridgehead atoms. The van der Waals surface area contributed by atoms with Crippen LogP contribution >= 0.6 is 31.9 Å². The Morgan fingerprint density at radius 2 is 1.90 bits per heavy atom. The van der Waals surface area contributed by atoms with Crippen molar-refractivity contribution in [3.05, 3.63) is 50.7 Å². The number of sulfonamides is 1. The second-order valence-electron chi connectivity index (χ2n) is 4.35. The van der Waals surface area contributed by atoms with E-state index in [9.17, 15) is 12.8 Å². The molecule has 0 aliphatic carbocycles. The van der Waals surface area contributed by atoms with Crippen LogP contribution in [0.15, 0.2) is 44.2 Å². The number of halogens is 3. The zero-order valence-corrected chi connectivity index (χ0v) is 14.8. The zero-order valence-electron chi connectivity index (χ0n) is 10.8. The van der Waals surface area contributed by atoms with Crippen LogP contribution in [-0.4, -0.2) is 8.42 Å². The van der Waals surface area contributed by atoms with Crippen molar-refractivity contribution in [2.45, 2.75) is 11.8 Å². The minimum absolute atomic E-state index is 0.0281. The van der Waals surface area contributed by atoms with Gasteiger partial charge >= 0.3 is 0 Å². The fourth-order valence-electron chi connectivity index (χ4n) is 1.70. The molecule has 0 fully saturated rings. The number of anilines is 2. The lowest BCUT2D eigenvalue weighted by atomic mass is 10.2. The molecule has 2 aromatic carbocycles.